The minimum Gasteiger partial charge on any atom is -0.381 e. The summed E-state index contributed by atoms with van der Waals surface area (Å²) in [7, 11) is 0. The van der Waals surface area contributed by atoms with Crippen molar-refractivity contribution < 1.29 is 9.53 Å². The Morgan fingerprint density at radius 3 is 2.53 bits per heavy atom. The van der Waals surface area contributed by atoms with Gasteiger partial charge in [0, 0.05) is 36.6 Å². The van der Waals surface area contributed by atoms with E-state index < -0.39 is 0 Å². The SMILES string of the molecule is Cc1cc(C)c(-c2n[nH]c(CC3COC3)n2)cc1C(=O)N1CCC(c2ccc(C#N)cc2)CC1. The van der Waals surface area contributed by atoms with Gasteiger partial charge < -0.3 is 9.64 Å². The number of nitrogens with one attached hydrogen (secondary N) is 1. The van der Waals surface area contributed by atoms with Crippen LogP contribution in [0.5, 0.6) is 0 Å². The fourth-order valence-electron chi connectivity index (χ4n) is 4.92. The summed E-state index contributed by atoms with van der Waals surface area (Å²) in [5, 5.41) is 16.5. The van der Waals surface area contributed by atoms with Gasteiger partial charge in [0.25, 0.3) is 5.91 Å². The van der Waals surface area contributed by atoms with E-state index in [4.69, 9.17) is 15.0 Å². The lowest BCUT2D eigenvalue weighted by atomic mass is 9.88. The highest BCUT2D eigenvalue weighted by atomic mass is 16.5. The van der Waals surface area contributed by atoms with Gasteiger partial charge in [-0.2, -0.15) is 10.4 Å². The number of nitrogens with zero attached hydrogens (tertiary/aromatic N) is 4. The number of hydrogen-bond acceptors (Lipinski definition) is 5. The number of carbonyl (C=O) groups is 1. The van der Waals surface area contributed by atoms with Crippen LogP contribution in [-0.2, 0) is 11.2 Å². The summed E-state index contributed by atoms with van der Waals surface area (Å²) in [6.07, 6.45) is 2.67. The molecule has 2 fully saturated rings. The molecular formula is C27H29N5O2. The van der Waals surface area contributed by atoms with Gasteiger partial charge in [0.05, 0.1) is 24.8 Å². The van der Waals surface area contributed by atoms with Crippen LogP contribution in [0.25, 0.3) is 11.4 Å². The second-order valence-electron chi connectivity index (χ2n) is 9.50. The lowest BCUT2D eigenvalue weighted by Crippen LogP contribution is -2.38. The summed E-state index contributed by atoms with van der Waals surface area (Å²) in [6.45, 7) is 7.03. The number of likely N-dealkylation sites (tertiary alicyclic amines) is 1. The highest BCUT2D eigenvalue weighted by Gasteiger charge is 2.27. The van der Waals surface area contributed by atoms with Crippen molar-refractivity contribution in [2.45, 2.75) is 39.0 Å². The summed E-state index contributed by atoms with van der Waals surface area (Å²) >= 11 is 0. The van der Waals surface area contributed by atoms with E-state index in [2.05, 4.69) is 22.3 Å². The number of carbonyl (C=O) groups excluding carboxylic acids is 1. The first-order valence-electron chi connectivity index (χ1n) is 11.9. The summed E-state index contributed by atoms with van der Waals surface area (Å²) in [4.78, 5) is 20.1. The molecule has 0 unspecified atom stereocenters. The number of aromatic amines is 1. The van der Waals surface area contributed by atoms with E-state index in [-0.39, 0.29) is 5.91 Å². The van der Waals surface area contributed by atoms with Crippen LogP contribution in [-0.4, -0.2) is 52.3 Å². The number of ether oxygens (including phenoxy) is 1. The summed E-state index contributed by atoms with van der Waals surface area (Å²) in [5.41, 5.74) is 5.57. The second-order valence-corrected chi connectivity index (χ2v) is 9.50. The maximum absolute atomic E-state index is 13.5. The molecule has 5 rings (SSSR count). The summed E-state index contributed by atoms with van der Waals surface area (Å²) in [5.74, 6) is 2.49. The largest absolute Gasteiger partial charge is 0.381 e. The van der Waals surface area contributed by atoms with Gasteiger partial charge in [-0.1, -0.05) is 18.2 Å². The van der Waals surface area contributed by atoms with Crippen molar-refractivity contribution in [1.82, 2.24) is 20.1 Å². The van der Waals surface area contributed by atoms with Gasteiger partial charge in [0.15, 0.2) is 5.82 Å². The van der Waals surface area contributed by atoms with Crippen molar-refractivity contribution in [2.24, 2.45) is 5.92 Å². The standard InChI is InChI=1S/C27H29N5O2/c1-17-11-18(2)24(13-23(17)26-29-25(30-31-26)12-20-15-34-16-20)27(33)32-9-7-22(8-10-32)21-5-3-19(14-28)4-6-21/h3-6,11,13,20,22H,7-10,12,15-16H2,1-2H3,(H,29,30,31). The second kappa shape index (κ2) is 9.40. The van der Waals surface area contributed by atoms with Crippen LogP contribution in [0.15, 0.2) is 36.4 Å². The van der Waals surface area contributed by atoms with E-state index in [9.17, 15) is 4.79 Å². The molecule has 1 aromatic heterocycles. The van der Waals surface area contributed by atoms with Crippen molar-refractivity contribution >= 4 is 5.91 Å². The Bertz CT molecular complexity index is 1230. The lowest BCUT2D eigenvalue weighted by molar-refractivity contribution is -0.0320. The molecule has 1 N–H and O–H groups in total. The van der Waals surface area contributed by atoms with E-state index >= 15 is 0 Å². The number of hydrogen-bond donors (Lipinski definition) is 1. The van der Waals surface area contributed by atoms with Gasteiger partial charge in [0.2, 0.25) is 0 Å². The molecule has 0 radical (unpaired) electrons. The molecule has 0 bridgehead atoms. The Balaban J connectivity index is 1.29. The zero-order chi connectivity index (χ0) is 23.7. The molecule has 7 nitrogen and oxygen atoms in total. The Hall–Kier alpha value is -3.50. The zero-order valence-corrected chi connectivity index (χ0v) is 19.7. The Morgan fingerprint density at radius 2 is 1.88 bits per heavy atom. The van der Waals surface area contributed by atoms with Crippen LogP contribution in [0.4, 0.5) is 0 Å². The molecule has 3 heterocycles. The van der Waals surface area contributed by atoms with Crippen LogP contribution in [0, 0.1) is 31.1 Å². The molecule has 2 aromatic carbocycles. The van der Waals surface area contributed by atoms with E-state index in [1.807, 2.05) is 49.1 Å². The van der Waals surface area contributed by atoms with Gasteiger partial charge >= 0.3 is 0 Å². The average Bonchev–Trinajstić information content (AvgIpc) is 3.30. The van der Waals surface area contributed by atoms with Gasteiger partial charge in [0.1, 0.15) is 5.82 Å². The van der Waals surface area contributed by atoms with Crippen molar-refractivity contribution in [3.63, 3.8) is 0 Å². The first-order chi connectivity index (χ1) is 16.5. The predicted molar refractivity (Wildman–Crippen MR) is 128 cm³/mol. The van der Waals surface area contributed by atoms with Crippen LogP contribution < -0.4 is 0 Å². The van der Waals surface area contributed by atoms with Crippen molar-refractivity contribution in [3.05, 3.63) is 70.0 Å². The highest BCUT2D eigenvalue weighted by molar-refractivity contribution is 5.97. The third-order valence-electron chi connectivity index (χ3n) is 7.06. The van der Waals surface area contributed by atoms with Crippen LogP contribution in [0.1, 0.15) is 57.2 Å². The fraction of sp³-hybridized carbons (Fsp3) is 0.407. The van der Waals surface area contributed by atoms with Crippen molar-refractivity contribution in [3.8, 4) is 17.5 Å². The monoisotopic (exact) mass is 455 g/mol. The number of H-pyrrole nitrogens is 1. The fourth-order valence-corrected chi connectivity index (χ4v) is 4.92. The Labute approximate surface area is 199 Å². The van der Waals surface area contributed by atoms with E-state index in [0.29, 0.717) is 23.2 Å². The smallest absolute Gasteiger partial charge is 0.254 e. The molecule has 1 amide bonds. The highest BCUT2D eigenvalue weighted by Crippen LogP contribution is 2.31. The van der Waals surface area contributed by atoms with Gasteiger partial charge in [-0.25, -0.2) is 4.98 Å². The van der Waals surface area contributed by atoms with Crippen LogP contribution in [0.3, 0.4) is 0 Å². The summed E-state index contributed by atoms with van der Waals surface area (Å²) in [6, 6.07) is 14.0. The minimum atomic E-state index is 0.0689. The van der Waals surface area contributed by atoms with Crippen LogP contribution >= 0.6 is 0 Å². The van der Waals surface area contributed by atoms with E-state index in [1.54, 1.807) is 0 Å². The minimum absolute atomic E-state index is 0.0689. The maximum atomic E-state index is 13.5. The molecule has 2 aliphatic heterocycles. The third kappa shape index (κ3) is 4.46. The third-order valence-corrected chi connectivity index (χ3v) is 7.06. The van der Waals surface area contributed by atoms with E-state index in [0.717, 1.165) is 73.6 Å². The number of piperidine rings is 1. The van der Waals surface area contributed by atoms with E-state index in [1.165, 1.54) is 5.56 Å². The number of aromatic nitrogens is 3. The number of rotatable bonds is 5. The zero-order valence-electron chi connectivity index (χ0n) is 19.7. The molecule has 0 aliphatic carbocycles. The number of amides is 1. The molecule has 0 spiro atoms. The Morgan fingerprint density at radius 1 is 1.15 bits per heavy atom. The van der Waals surface area contributed by atoms with Crippen molar-refractivity contribution in [1.29, 1.82) is 5.26 Å². The molecule has 3 aromatic rings. The number of benzene rings is 2. The predicted octanol–water partition coefficient (Wildman–Crippen LogP) is 4.17. The summed E-state index contributed by atoms with van der Waals surface area (Å²) < 4.78 is 5.26. The normalized spacial score (nSPS) is 16.8. The molecule has 0 atom stereocenters. The molecule has 2 aliphatic rings. The first-order valence-corrected chi connectivity index (χ1v) is 11.9. The van der Waals surface area contributed by atoms with Gasteiger partial charge in [-0.05, 0) is 67.5 Å². The molecule has 0 saturated carbocycles. The topological polar surface area (TPSA) is 94.9 Å². The lowest BCUT2D eigenvalue weighted by Gasteiger charge is -2.32. The molecule has 2 saturated heterocycles. The van der Waals surface area contributed by atoms with Crippen molar-refractivity contribution in [2.75, 3.05) is 26.3 Å². The van der Waals surface area contributed by atoms with Gasteiger partial charge in [-0.3, -0.25) is 9.89 Å². The number of nitriles is 1. The molecule has 34 heavy (non-hydrogen) atoms. The molecular weight excluding hydrogens is 426 g/mol. The molecule has 7 heteroatoms. The first kappa shape index (κ1) is 22.3. The quantitative estimate of drug-likeness (QED) is 0.623. The van der Waals surface area contributed by atoms with Gasteiger partial charge in [-0.15, -0.1) is 0 Å². The van der Waals surface area contributed by atoms with Crippen LogP contribution in [0.2, 0.25) is 0 Å². The maximum Gasteiger partial charge on any atom is 0.254 e. The average molecular weight is 456 g/mol. The number of aryl methyl sites for hydroxylation is 2. The Kier molecular flexibility index (Phi) is 6.16. The molecule has 174 valence electrons.